The molecular formula is C16H16N2O. The summed E-state index contributed by atoms with van der Waals surface area (Å²) in [5.74, 6) is 0.694. The zero-order valence-electron chi connectivity index (χ0n) is 11.1. The second kappa shape index (κ2) is 4.76. The summed E-state index contributed by atoms with van der Waals surface area (Å²) in [7, 11) is 1.66. The van der Waals surface area contributed by atoms with Crippen LogP contribution in [0.3, 0.4) is 0 Å². The van der Waals surface area contributed by atoms with Crippen LogP contribution in [0.15, 0.2) is 48.7 Å². The highest BCUT2D eigenvalue weighted by Gasteiger charge is 2.09. The Balaban J connectivity index is 2.08. The van der Waals surface area contributed by atoms with Gasteiger partial charge in [0, 0.05) is 23.0 Å². The van der Waals surface area contributed by atoms with Crippen molar-refractivity contribution in [2.24, 2.45) is 0 Å². The van der Waals surface area contributed by atoms with Gasteiger partial charge in [0.25, 0.3) is 0 Å². The molecule has 0 aliphatic heterocycles. The molecule has 96 valence electrons. The van der Waals surface area contributed by atoms with E-state index in [4.69, 9.17) is 4.74 Å². The Morgan fingerprint density at radius 3 is 2.84 bits per heavy atom. The smallest absolute Gasteiger partial charge is 0.218 e. The average Bonchev–Trinajstić information content (AvgIpc) is 2.76. The highest BCUT2D eigenvalue weighted by atomic mass is 16.5. The first kappa shape index (κ1) is 11.8. The molecule has 0 saturated carbocycles. The minimum atomic E-state index is 0.694. The van der Waals surface area contributed by atoms with Crippen LogP contribution in [-0.4, -0.2) is 16.7 Å². The van der Waals surface area contributed by atoms with Crippen LogP contribution in [0.2, 0.25) is 0 Å². The third-order valence-electron chi connectivity index (χ3n) is 3.39. The van der Waals surface area contributed by atoms with Gasteiger partial charge >= 0.3 is 0 Å². The van der Waals surface area contributed by atoms with Gasteiger partial charge in [0.05, 0.1) is 13.7 Å². The Morgan fingerprint density at radius 1 is 1.16 bits per heavy atom. The van der Waals surface area contributed by atoms with E-state index >= 15 is 0 Å². The largest absolute Gasteiger partial charge is 0.481 e. The van der Waals surface area contributed by atoms with Crippen LogP contribution in [-0.2, 0) is 6.54 Å². The molecule has 0 radical (unpaired) electrons. The molecule has 3 rings (SSSR count). The number of pyridine rings is 1. The van der Waals surface area contributed by atoms with E-state index in [1.165, 1.54) is 16.6 Å². The van der Waals surface area contributed by atoms with Crippen molar-refractivity contribution in [1.29, 1.82) is 0 Å². The number of nitrogens with zero attached hydrogens (tertiary/aromatic N) is 2. The minimum absolute atomic E-state index is 0.694. The lowest BCUT2D eigenvalue weighted by molar-refractivity contribution is 0.391. The molecule has 0 saturated heterocycles. The van der Waals surface area contributed by atoms with Gasteiger partial charge in [-0.1, -0.05) is 24.3 Å². The lowest BCUT2D eigenvalue weighted by Gasteiger charge is -2.11. The first-order chi connectivity index (χ1) is 9.29. The van der Waals surface area contributed by atoms with Crippen molar-refractivity contribution in [2.75, 3.05) is 7.11 Å². The second-order valence-electron chi connectivity index (χ2n) is 4.60. The van der Waals surface area contributed by atoms with Crippen LogP contribution >= 0.6 is 0 Å². The predicted octanol–water partition coefficient (Wildman–Crippen LogP) is 3.40. The summed E-state index contributed by atoms with van der Waals surface area (Å²) in [5.41, 5.74) is 3.58. The Bertz CT molecular complexity index is 716. The summed E-state index contributed by atoms with van der Waals surface area (Å²) in [6, 6.07) is 14.6. The second-order valence-corrected chi connectivity index (χ2v) is 4.60. The highest BCUT2D eigenvalue weighted by molar-refractivity contribution is 5.81. The number of rotatable bonds is 3. The van der Waals surface area contributed by atoms with E-state index in [1.807, 2.05) is 6.07 Å². The van der Waals surface area contributed by atoms with Gasteiger partial charge in [-0.15, -0.1) is 0 Å². The molecule has 0 bridgehead atoms. The zero-order valence-corrected chi connectivity index (χ0v) is 11.1. The number of aryl methyl sites for hydroxylation is 1. The molecule has 3 heteroatoms. The Hall–Kier alpha value is -2.29. The fourth-order valence-corrected chi connectivity index (χ4v) is 2.46. The third-order valence-corrected chi connectivity index (χ3v) is 3.39. The number of aromatic nitrogens is 2. The standard InChI is InChI=1S/C16H16N2O/c1-12-10-13-6-3-4-8-15(13)18(12)11-14-7-5-9-17-16(14)19-2/h3-10H,11H2,1-2H3. The lowest BCUT2D eigenvalue weighted by atomic mass is 10.2. The zero-order chi connectivity index (χ0) is 13.2. The summed E-state index contributed by atoms with van der Waals surface area (Å²) >= 11 is 0. The molecule has 0 unspecified atom stereocenters. The number of methoxy groups -OCH3 is 1. The van der Waals surface area contributed by atoms with Crippen molar-refractivity contribution in [1.82, 2.24) is 9.55 Å². The summed E-state index contributed by atoms with van der Waals surface area (Å²) in [6.07, 6.45) is 1.75. The van der Waals surface area contributed by atoms with Gasteiger partial charge in [0.2, 0.25) is 5.88 Å². The molecule has 0 aliphatic rings. The molecule has 0 atom stereocenters. The van der Waals surface area contributed by atoms with Gasteiger partial charge in [-0.05, 0) is 30.5 Å². The maximum absolute atomic E-state index is 5.32. The van der Waals surface area contributed by atoms with E-state index in [0.717, 1.165) is 12.1 Å². The normalized spacial score (nSPS) is 10.8. The number of ether oxygens (including phenoxy) is 1. The highest BCUT2D eigenvalue weighted by Crippen LogP contribution is 2.23. The van der Waals surface area contributed by atoms with Gasteiger partial charge < -0.3 is 9.30 Å². The summed E-state index contributed by atoms with van der Waals surface area (Å²) < 4.78 is 7.61. The van der Waals surface area contributed by atoms with Gasteiger partial charge in [-0.2, -0.15) is 0 Å². The van der Waals surface area contributed by atoms with E-state index < -0.39 is 0 Å². The van der Waals surface area contributed by atoms with E-state index in [-0.39, 0.29) is 0 Å². The number of hydrogen-bond acceptors (Lipinski definition) is 2. The fraction of sp³-hybridized carbons (Fsp3) is 0.188. The van der Waals surface area contributed by atoms with Crippen LogP contribution in [0, 0.1) is 6.92 Å². The van der Waals surface area contributed by atoms with Gasteiger partial charge in [-0.25, -0.2) is 4.98 Å². The Kier molecular flexibility index (Phi) is 2.95. The first-order valence-corrected chi connectivity index (χ1v) is 6.32. The van der Waals surface area contributed by atoms with Crippen molar-refractivity contribution >= 4 is 10.9 Å². The van der Waals surface area contributed by atoms with Crippen molar-refractivity contribution in [3.63, 3.8) is 0 Å². The summed E-state index contributed by atoms with van der Waals surface area (Å²) in [6.45, 7) is 2.90. The van der Waals surface area contributed by atoms with Crippen LogP contribution in [0.1, 0.15) is 11.3 Å². The molecule has 19 heavy (non-hydrogen) atoms. The minimum Gasteiger partial charge on any atom is -0.481 e. The Labute approximate surface area is 112 Å². The molecular weight excluding hydrogens is 236 g/mol. The SMILES string of the molecule is COc1ncccc1Cn1c(C)cc2ccccc21. The molecule has 0 spiro atoms. The van der Waals surface area contributed by atoms with Gasteiger partial charge in [-0.3, -0.25) is 0 Å². The number of benzene rings is 1. The molecule has 3 nitrogen and oxygen atoms in total. The fourth-order valence-electron chi connectivity index (χ4n) is 2.46. The molecule has 0 N–H and O–H groups in total. The van der Waals surface area contributed by atoms with E-state index in [1.54, 1.807) is 13.3 Å². The molecule has 1 aromatic carbocycles. The quantitative estimate of drug-likeness (QED) is 0.714. The van der Waals surface area contributed by atoms with E-state index in [0.29, 0.717) is 5.88 Å². The third kappa shape index (κ3) is 2.08. The van der Waals surface area contributed by atoms with Crippen LogP contribution in [0.5, 0.6) is 5.88 Å². The number of hydrogen-bond donors (Lipinski definition) is 0. The molecule has 0 fully saturated rings. The molecule has 0 amide bonds. The maximum Gasteiger partial charge on any atom is 0.218 e. The molecule has 0 aliphatic carbocycles. The summed E-state index contributed by atoms with van der Waals surface area (Å²) in [5, 5.41) is 1.27. The van der Waals surface area contributed by atoms with Crippen LogP contribution in [0.25, 0.3) is 10.9 Å². The van der Waals surface area contributed by atoms with E-state index in [9.17, 15) is 0 Å². The monoisotopic (exact) mass is 252 g/mol. The van der Waals surface area contributed by atoms with Gasteiger partial charge in [0.15, 0.2) is 0 Å². The maximum atomic E-state index is 5.32. The molecule has 3 aromatic rings. The topological polar surface area (TPSA) is 27.1 Å². The van der Waals surface area contributed by atoms with Crippen molar-refractivity contribution in [2.45, 2.75) is 13.5 Å². The number of fused-ring (bicyclic) bond motifs is 1. The van der Waals surface area contributed by atoms with Gasteiger partial charge in [0.1, 0.15) is 0 Å². The Morgan fingerprint density at radius 2 is 2.00 bits per heavy atom. The lowest BCUT2D eigenvalue weighted by Crippen LogP contribution is -2.04. The predicted molar refractivity (Wildman–Crippen MR) is 76.6 cm³/mol. The first-order valence-electron chi connectivity index (χ1n) is 6.32. The van der Waals surface area contributed by atoms with Crippen molar-refractivity contribution in [3.8, 4) is 5.88 Å². The van der Waals surface area contributed by atoms with Crippen LogP contribution < -0.4 is 4.74 Å². The molecule has 2 heterocycles. The van der Waals surface area contributed by atoms with Crippen molar-refractivity contribution in [3.05, 3.63) is 59.9 Å². The van der Waals surface area contributed by atoms with E-state index in [2.05, 4.69) is 52.9 Å². The summed E-state index contributed by atoms with van der Waals surface area (Å²) in [4.78, 5) is 4.25. The van der Waals surface area contributed by atoms with Crippen LogP contribution in [0.4, 0.5) is 0 Å². The van der Waals surface area contributed by atoms with Crippen molar-refractivity contribution < 1.29 is 4.74 Å². The molecule has 2 aromatic heterocycles. The average molecular weight is 252 g/mol. The number of para-hydroxylation sites is 1.